The summed E-state index contributed by atoms with van der Waals surface area (Å²) in [4.78, 5) is 7.31. The molecule has 7 heteroatoms. The highest BCUT2D eigenvalue weighted by Crippen LogP contribution is 2.45. The number of aliphatic hydroxyl groups excluding tert-OH is 1. The zero-order chi connectivity index (χ0) is 21.2. The summed E-state index contributed by atoms with van der Waals surface area (Å²) in [5.74, 6) is 1.41. The number of fused-ring (bicyclic) bond motifs is 5. The highest BCUT2D eigenvalue weighted by molar-refractivity contribution is 5.95. The first-order valence-electron chi connectivity index (χ1n) is 10.6. The van der Waals surface area contributed by atoms with Crippen molar-refractivity contribution in [3.8, 4) is 11.5 Å². The van der Waals surface area contributed by atoms with Crippen LogP contribution in [0.2, 0.25) is 0 Å². The predicted molar refractivity (Wildman–Crippen MR) is 115 cm³/mol. The lowest BCUT2D eigenvalue weighted by Gasteiger charge is -2.39. The van der Waals surface area contributed by atoms with E-state index in [4.69, 9.17) is 19.2 Å². The molecule has 4 aliphatic heterocycles. The second-order valence-electron chi connectivity index (χ2n) is 8.44. The molecule has 2 N–H and O–H groups in total. The van der Waals surface area contributed by atoms with Gasteiger partial charge in [0.1, 0.15) is 5.60 Å². The van der Waals surface area contributed by atoms with Crippen molar-refractivity contribution < 1.29 is 24.4 Å². The first-order valence-corrected chi connectivity index (χ1v) is 10.6. The zero-order valence-corrected chi connectivity index (χ0v) is 17.4. The minimum absolute atomic E-state index is 0.0354. The Hall–Kier alpha value is -2.87. The number of pyridine rings is 1. The van der Waals surface area contributed by atoms with Crippen LogP contribution in [0.5, 0.6) is 11.5 Å². The van der Waals surface area contributed by atoms with Gasteiger partial charge in [0, 0.05) is 30.1 Å². The van der Waals surface area contributed by atoms with E-state index in [0.29, 0.717) is 44.2 Å². The second-order valence-corrected chi connectivity index (χ2v) is 8.44. The van der Waals surface area contributed by atoms with Crippen LogP contribution in [0, 0.1) is 0 Å². The standard InChI is InChI=1S/C24H24N2O5/c1-2-24(28)12-29-11-14-9-26-10-17-15(4-3-5-27)16-6-21-22(31-13-30-21)8-19(16)25-23(17)20(26)7-18(14)24/h3-4,6-8,27-28H,2,5,9-13H2,1H3/b4-3+/t24-/m1/s1. The molecular weight excluding hydrogens is 396 g/mol. The van der Waals surface area contributed by atoms with Crippen molar-refractivity contribution in [3.63, 3.8) is 0 Å². The Labute approximate surface area is 179 Å². The van der Waals surface area contributed by atoms with E-state index in [2.05, 4.69) is 11.0 Å². The van der Waals surface area contributed by atoms with Crippen LogP contribution < -0.4 is 9.47 Å². The van der Waals surface area contributed by atoms with Gasteiger partial charge in [-0.1, -0.05) is 19.1 Å². The van der Waals surface area contributed by atoms with Crippen LogP contribution in [0.1, 0.15) is 30.2 Å². The van der Waals surface area contributed by atoms with E-state index in [1.807, 2.05) is 25.1 Å². The lowest BCUT2D eigenvalue weighted by molar-refractivity contribution is -0.0311. The van der Waals surface area contributed by atoms with Crippen LogP contribution in [0.3, 0.4) is 0 Å². The Morgan fingerprint density at radius 1 is 1.23 bits per heavy atom. The number of benzene rings is 1. The molecule has 31 heavy (non-hydrogen) atoms. The van der Waals surface area contributed by atoms with E-state index in [9.17, 15) is 10.2 Å². The number of aliphatic hydroxyl groups is 2. The smallest absolute Gasteiger partial charge is 0.231 e. The molecule has 0 amide bonds. The van der Waals surface area contributed by atoms with E-state index >= 15 is 0 Å². The molecule has 5 heterocycles. The number of rotatable bonds is 3. The Balaban J connectivity index is 1.57. The van der Waals surface area contributed by atoms with Gasteiger partial charge in [-0.25, -0.2) is 4.98 Å². The minimum atomic E-state index is -0.960. The second kappa shape index (κ2) is 6.82. The Bertz CT molecular complexity index is 1200. The summed E-state index contributed by atoms with van der Waals surface area (Å²) in [7, 11) is 0. The van der Waals surface area contributed by atoms with Gasteiger partial charge < -0.3 is 29.3 Å². The highest BCUT2D eigenvalue weighted by atomic mass is 16.7. The van der Waals surface area contributed by atoms with Gasteiger partial charge in [-0.3, -0.25) is 0 Å². The largest absolute Gasteiger partial charge is 0.454 e. The summed E-state index contributed by atoms with van der Waals surface area (Å²) in [5, 5.41) is 21.5. The molecule has 1 aromatic heterocycles. The van der Waals surface area contributed by atoms with Gasteiger partial charge in [-0.15, -0.1) is 0 Å². The van der Waals surface area contributed by atoms with Gasteiger partial charge in [0.15, 0.2) is 11.5 Å². The van der Waals surface area contributed by atoms with Crippen molar-refractivity contribution in [1.82, 2.24) is 9.88 Å². The Kier molecular flexibility index (Phi) is 4.15. The predicted octanol–water partition coefficient (Wildman–Crippen LogP) is 2.61. The highest BCUT2D eigenvalue weighted by Gasteiger charge is 2.40. The van der Waals surface area contributed by atoms with Crippen molar-refractivity contribution in [1.29, 1.82) is 0 Å². The molecule has 6 rings (SSSR count). The molecule has 0 radical (unpaired) electrons. The zero-order valence-electron chi connectivity index (χ0n) is 17.4. The van der Waals surface area contributed by atoms with E-state index in [1.54, 1.807) is 6.08 Å². The maximum atomic E-state index is 11.2. The molecule has 0 saturated heterocycles. The lowest BCUT2D eigenvalue weighted by Crippen LogP contribution is -2.43. The number of nitrogens with zero attached hydrogens (tertiary/aromatic N) is 2. The molecule has 7 nitrogen and oxygen atoms in total. The fraction of sp³-hybridized carbons (Fsp3) is 0.375. The number of aromatic nitrogens is 1. The van der Waals surface area contributed by atoms with Crippen LogP contribution >= 0.6 is 0 Å². The van der Waals surface area contributed by atoms with Crippen molar-refractivity contribution in [3.05, 3.63) is 52.3 Å². The molecule has 2 aromatic rings. The van der Waals surface area contributed by atoms with Crippen molar-refractivity contribution in [2.24, 2.45) is 0 Å². The third kappa shape index (κ3) is 2.74. The van der Waals surface area contributed by atoms with Gasteiger partial charge in [0.2, 0.25) is 6.79 Å². The van der Waals surface area contributed by atoms with Crippen molar-refractivity contribution in [2.75, 3.05) is 33.2 Å². The first kappa shape index (κ1) is 18.9. The van der Waals surface area contributed by atoms with Crippen LogP contribution in [0.25, 0.3) is 22.7 Å². The fourth-order valence-electron chi connectivity index (χ4n) is 5.03. The van der Waals surface area contributed by atoms with Gasteiger partial charge >= 0.3 is 0 Å². The van der Waals surface area contributed by atoms with Crippen molar-refractivity contribution in [2.45, 2.75) is 25.5 Å². The summed E-state index contributed by atoms with van der Waals surface area (Å²) in [6, 6.07) is 3.89. The molecule has 0 spiro atoms. The number of ether oxygens (including phenoxy) is 3. The Morgan fingerprint density at radius 3 is 2.87 bits per heavy atom. The number of hydrogen-bond acceptors (Lipinski definition) is 7. The summed E-state index contributed by atoms with van der Waals surface area (Å²) in [6.45, 7) is 4.44. The van der Waals surface area contributed by atoms with E-state index in [1.165, 1.54) is 0 Å². The Morgan fingerprint density at radius 2 is 2.06 bits per heavy atom. The fourth-order valence-corrected chi connectivity index (χ4v) is 5.03. The molecule has 0 bridgehead atoms. The molecule has 0 fully saturated rings. The normalized spacial score (nSPS) is 24.0. The van der Waals surface area contributed by atoms with Gasteiger partial charge in [-0.2, -0.15) is 0 Å². The average Bonchev–Trinajstić information content (AvgIpc) is 3.38. The molecule has 0 aliphatic carbocycles. The lowest BCUT2D eigenvalue weighted by atomic mass is 9.83. The SMILES string of the molecule is CC[C@@]1(O)COCC2=C1C=C1c3nc4cc5c(cc4c(/C=C/CO)c3CN1C2)OCO5. The molecule has 0 unspecified atom stereocenters. The van der Waals surface area contributed by atoms with Crippen LogP contribution in [-0.4, -0.2) is 58.9 Å². The summed E-state index contributed by atoms with van der Waals surface area (Å²) in [5.41, 5.74) is 6.05. The van der Waals surface area contributed by atoms with E-state index in [-0.39, 0.29) is 13.4 Å². The monoisotopic (exact) mass is 420 g/mol. The quantitative estimate of drug-likeness (QED) is 0.790. The van der Waals surface area contributed by atoms with E-state index < -0.39 is 5.60 Å². The van der Waals surface area contributed by atoms with Gasteiger partial charge in [0.05, 0.1) is 36.7 Å². The molecule has 1 aromatic carbocycles. The van der Waals surface area contributed by atoms with Gasteiger partial charge in [0.25, 0.3) is 0 Å². The van der Waals surface area contributed by atoms with Crippen LogP contribution in [-0.2, 0) is 11.3 Å². The maximum Gasteiger partial charge on any atom is 0.231 e. The molecule has 4 aliphatic rings. The number of hydrogen-bond donors (Lipinski definition) is 2. The van der Waals surface area contributed by atoms with Crippen LogP contribution in [0.4, 0.5) is 0 Å². The van der Waals surface area contributed by atoms with Crippen LogP contribution in [0.15, 0.2) is 35.4 Å². The minimum Gasteiger partial charge on any atom is -0.454 e. The third-order valence-electron chi connectivity index (χ3n) is 6.69. The summed E-state index contributed by atoms with van der Waals surface area (Å²) in [6.07, 6.45) is 6.41. The molecule has 1 atom stereocenters. The van der Waals surface area contributed by atoms with Gasteiger partial charge in [-0.05, 0) is 35.3 Å². The topological polar surface area (TPSA) is 84.3 Å². The molecule has 160 valence electrons. The third-order valence-corrected chi connectivity index (χ3v) is 6.69. The summed E-state index contributed by atoms with van der Waals surface area (Å²) < 4.78 is 16.9. The van der Waals surface area contributed by atoms with E-state index in [0.717, 1.165) is 44.6 Å². The maximum absolute atomic E-state index is 11.2. The average molecular weight is 420 g/mol. The van der Waals surface area contributed by atoms with Crippen molar-refractivity contribution >= 4 is 22.7 Å². The molecular formula is C24H24N2O5. The first-order chi connectivity index (χ1) is 15.1. The summed E-state index contributed by atoms with van der Waals surface area (Å²) >= 11 is 0. The molecule has 0 saturated carbocycles.